The van der Waals surface area contributed by atoms with Crippen LogP contribution < -0.4 is 0 Å². The van der Waals surface area contributed by atoms with E-state index in [9.17, 15) is 0 Å². The van der Waals surface area contributed by atoms with Crippen LogP contribution in [0, 0.1) is 0 Å². The van der Waals surface area contributed by atoms with E-state index in [1.54, 1.807) is 0 Å². The zero-order valence-corrected chi connectivity index (χ0v) is 12.3. The van der Waals surface area contributed by atoms with Crippen molar-refractivity contribution in [2.24, 2.45) is 0 Å². The monoisotopic (exact) mass is 272 g/mol. The van der Waals surface area contributed by atoms with Crippen LogP contribution in [0.15, 0.2) is 54.6 Å². The van der Waals surface area contributed by atoms with Crippen LogP contribution in [0.4, 0.5) is 0 Å². The van der Waals surface area contributed by atoms with Crippen molar-refractivity contribution < 1.29 is 9.47 Å². The molecule has 1 aliphatic heterocycles. The van der Waals surface area contributed by atoms with Gasteiger partial charge in [0.25, 0.3) is 0 Å². The zero-order valence-electron chi connectivity index (χ0n) is 12.3. The molecule has 2 atom stereocenters. The fourth-order valence-electron chi connectivity index (χ4n) is 2.40. The lowest BCUT2D eigenvalue weighted by atomic mass is 10.0. The number of hydrogen-bond acceptors (Lipinski definition) is 2. The lowest BCUT2D eigenvalue weighted by molar-refractivity contribution is -0.0208. The van der Waals surface area contributed by atoms with Gasteiger partial charge in [-0.25, -0.2) is 0 Å². The van der Waals surface area contributed by atoms with E-state index in [0.29, 0.717) is 6.61 Å². The van der Waals surface area contributed by atoms with Crippen molar-refractivity contribution in [1.82, 2.24) is 0 Å². The minimum atomic E-state index is 0.209. The summed E-state index contributed by atoms with van der Waals surface area (Å²) in [5.74, 6) is 0. The Balaban J connectivity index is 1.68. The van der Waals surface area contributed by atoms with Crippen LogP contribution in [0.2, 0.25) is 0 Å². The Morgan fingerprint density at radius 2 is 2.15 bits per heavy atom. The molecule has 0 N–H and O–H groups in total. The van der Waals surface area contributed by atoms with E-state index in [-0.39, 0.29) is 12.2 Å². The first-order valence-corrected chi connectivity index (χ1v) is 7.34. The zero-order chi connectivity index (χ0) is 14.2. The smallest absolute Gasteiger partial charge is 0.0820 e. The van der Waals surface area contributed by atoms with Gasteiger partial charge in [-0.2, -0.15) is 0 Å². The lowest BCUT2D eigenvalue weighted by Crippen LogP contribution is -2.27. The number of ether oxygens (including phenoxy) is 2. The maximum atomic E-state index is 6.07. The standard InChI is InChI=1S/C18H24O2/c1-3-7-18-15(2)10-11-17(20-18)12-13-19-14-16-8-5-4-6-9-16/h3-6,8-10,17-18H,1,7,11-14H2,2H3/t17-,18+/m1/s1. The Hall–Kier alpha value is -1.38. The molecule has 1 heterocycles. The number of hydrogen-bond donors (Lipinski definition) is 0. The molecule has 0 unspecified atom stereocenters. The van der Waals surface area contributed by atoms with E-state index >= 15 is 0 Å². The number of benzene rings is 1. The van der Waals surface area contributed by atoms with Gasteiger partial charge in [0.15, 0.2) is 0 Å². The fourth-order valence-corrected chi connectivity index (χ4v) is 2.40. The van der Waals surface area contributed by atoms with Crippen LogP contribution in [0.1, 0.15) is 31.7 Å². The van der Waals surface area contributed by atoms with Crippen molar-refractivity contribution in [3.63, 3.8) is 0 Å². The largest absolute Gasteiger partial charge is 0.377 e. The van der Waals surface area contributed by atoms with Gasteiger partial charge in [0.2, 0.25) is 0 Å². The maximum Gasteiger partial charge on any atom is 0.0820 e. The van der Waals surface area contributed by atoms with Gasteiger partial charge in [0.1, 0.15) is 0 Å². The van der Waals surface area contributed by atoms with Gasteiger partial charge in [0.05, 0.1) is 18.8 Å². The quantitative estimate of drug-likeness (QED) is 0.545. The molecule has 1 aliphatic rings. The van der Waals surface area contributed by atoms with E-state index in [4.69, 9.17) is 9.47 Å². The van der Waals surface area contributed by atoms with Crippen LogP contribution in [0.25, 0.3) is 0 Å². The normalized spacial score (nSPS) is 22.4. The molecule has 0 bridgehead atoms. The second-order valence-corrected chi connectivity index (χ2v) is 5.28. The van der Waals surface area contributed by atoms with Crippen molar-refractivity contribution in [1.29, 1.82) is 0 Å². The van der Waals surface area contributed by atoms with E-state index in [2.05, 4.69) is 31.7 Å². The predicted octanol–water partition coefficient (Wildman–Crippen LogP) is 4.27. The summed E-state index contributed by atoms with van der Waals surface area (Å²) >= 11 is 0. The molecule has 2 nitrogen and oxygen atoms in total. The Morgan fingerprint density at radius 1 is 1.35 bits per heavy atom. The molecule has 0 aromatic heterocycles. The van der Waals surface area contributed by atoms with Crippen molar-refractivity contribution in [3.8, 4) is 0 Å². The molecule has 2 heteroatoms. The third-order valence-corrected chi connectivity index (χ3v) is 3.64. The van der Waals surface area contributed by atoms with Gasteiger partial charge in [-0.15, -0.1) is 6.58 Å². The predicted molar refractivity (Wildman–Crippen MR) is 82.6 cm³/mol. The first-order chi connectivity index (χ1) is 9.79. The number of rotatable bonds is 7. The van der Waals surface area contributed by atoms with Crippen LogP contribution in [-0.4, -0.2) is 18.8 Å². The average molecular weight is 272 g/mol. The molecule has 108 valence electrons. The molecule has 2 rings (SSSR count). The molecule has 0 amide bonds. The minimum Gasteiger partial charge on any atom is -0.377 e. The summed E-state index contributed by atoms with van der Waals surface area (Å²) in [5, 5.41) is 0. The molecular weight excluding hydrogens is 248 g/mol. The molecule has 0 aliphatic carbocycles. The summed E-state index contributed by atoms with van der Waals surface area (Å²) in [5.41, 5.74) is 2.55. The summed E-state index contributed by atoms with van der Waals surface area (Å²) in [4.78, 5) is 0. The Morgan fingerprint density at radius 3 is 2.90 bits per heavy atom. The average Bonchev–Trinajstić information content (AvgIpc) is 2.48. The molecule has 1 aromatic rings. The third-order valence-electron chi connectivity index (χ3n) is 3.64. The second kappa shape index (κ2) is 8.03. The molecule has 0 saturated heterocycles. The second-order valence-electron chi connectivity index (χ2n) is 5.28. The van der Waals surface area contributed by atoms with E-state index in [0.717, 1.165) is 25.9 Å². The summed E-state index contributed by atoms with van der Waals surface area (Å²) in [6, 6.07) is 10.3. The van der Waals surface area contributed by atoms with Crippen molar-refractivity contribution in [3.05, 3.63) is 60.2 Å². The summed E-state index contributed by atoms with van der Waals surface area (Å²) < 4.78 is 11.8. The highest BCUT2D eigenvalue weighted by Gasteiger charge is 2.21. The van der Waals surface area contributed by atoms with Crippen LogP contribution >= 0.6 is 0 Å². The molecule has 0 fully saturated rings. The topological polar surface area (TPSA) is 18.5 Å². The summed E-state index contributed by atoms with van der Waals surface area (Å²) in [6.07, 6.45) is 7.54. The van der Waals surface area contributed by atoms with Gasteiger partial charge in [0, 0.05) is 6.61 Å². The first-order valence-electron chi connectivity index (χ1n) is 7.34. The van der Waals surface area contributed by atoms with Crippen LogP contribution in [0.5, 0.6) is 0 Å². The van der Waals surface area contributed by atoms with Gasteiger partial charge in [-0.3, -0.25) is 0 Å². The first kappa shape index (κ1) is 15.0. The highest BCUT2D eigenvalue weighted by Crippen LogP contribution is 2.23. The summed E-state index contributed by atoms with van der Waals surface area (Å²) in [7, 11) is 0. The highest BCUT2D eigenvalue weighted by molar-refractivity contribution is 5.13. The van der Waals surface area contributed by atoms with Gasteiger partial charge >= 0.3 is 0 Å². The molecule has 20 heavy (non-hydrogen) atoms. The maximum absolute atomic E-state index is 6.07. The van der Waals surface area contributed by atoms with Crippen molar-refractivity contribution in [2.45, 2.75) is 45.0 Å². The Kier molecular flexibility index (Phi) is 6.03. The highest BCUT2D eigenvalue weighted by atomic mass is 16.5. The molecule has 0 spiro atoms. The van der Waals surface area contributed by atoms with E-state index < -0.39 is 0 Å². The SMILES string of the molecule is C=CC[C@@H]1O[C@@H](CCOCc2ccccc2)CC=C1C. The fraction of sp³-hybridized carbons (Fsp3) is 0.444. The van der Waals surface area contributed by atoms with Crippen molar-refractivity contribution in [2.75, 3.05) is 6.61 Å². The van der Waals surface area contributed by atoms with Gasteiger partial charge < -0.3 is 9.47 Å². The minimum absolute atomic E-state index is 0.209. The molecule has 0 radical (unpaired) electrons. The van der Waals surface area contributed by atoms with E-state index in [1.807, 2.05) is 24.3 Å². The Bertz CT molecular complexity index is 436. The Labute approximate surface area is 122 Å². The van der Waals surface area contributed by atoms with Crippen LogP contribution in [-0.2, 0) is 16.1 Å². The van der Waals surface area contributed by atoms with Crippen molar-refractivity contribution >= 4 is 0 Å². The van der Waals surface area contributed by atoms with E-state index in [1.165, 1.54) is 11.1 Å². The molecular formula is C18H24O2. The molecule has 1 aromatic carbocycles. The van der Waals surface area contributed by atoms with Gasteiger partial charge in [-0.1, -0.05) is 42.5 Å². The molecule has 0 saturated carbocycles. The summed E-state index contributed by atoms with van der Waals surface area (Å²) in [6.45, 7) is 7.35. The van der Waals surface area contributed by atoms with Crippen LogP contribution in [0.3, 0.4) is 0 Å². The lowest BCUT2D eigenvalue weighted by Gasteiger charge is -2.29. The van der Waals surface area contributed by atoms with Gasteiger partial charge in [-0.05, 0) is 37.3 Å². The third kappa shape index (κ3) is 4.62.